The second-order valence-corrected chi connectivity index (χ2v) is 2.19. The van der Waals surface area contributed by atoms with Crippen LogP contribution in [0.5, 0.6) is 5.75 Å². The number of halogens is 2. The first-order valence-corrected chi connectivity index (χ1v) is 3.16. The maximum absolute atomic E-state index is 12.0. The van der Waals surface area contributed by atoms with Crippen molar-refractivity contribution in [2.24, 2.45) is 0 Å². The van der Waals surface area contributed by atoms with Crippen molar-refractivity contribution in [2.75, 3.05) is 0 Å². The van der Waals surface area contributed by atoms with E-state index in [9.17, 15) is 8.78 Å². The van der Waals surface area contributed by atoms with Gasteiger partial charge in [-0.25, -0.2) is 8.78 Å². The monoisotopic (exact) mass is 169 g/mol. The standard InChI is InChI=1S/C8H5F2NO/c9-8(10)5-1-2-7(12)6(3-5)4-11/h1-3,8,12H. The van der Waals surface area contributed by atoms with Crippen LogP contribution in [0.15, 0.2) is 18.2 Å². The number of alkyl halides is 2. The van der Waals surface area contributed by atoms with Gasteiger partial charge >= 0.3 is 0 Å². The van der Waals surface area contributed by atoms with Gasteiger partial charge in [0, 0.05) is 5.56 Å². The van der Waals surface area contributed by atoms with E-state index in [1.54, 1.807) is 6.07 Å². The number of benzene rings is 1. The van der Waals surface area contributed by atoms with Gasteiger partial charge in [0.25, 0.3) is 6.43 Å². The molecule has 0 saturated heterocycles. The highest BCUT2D eigenvalue weighted by molar-refractivity contribution is 5.44. The lowest BCUT2D eigenvalue weighted by atomic mass is 10.1. The maximum Gasteiger partial charge on any atom is 0.263 e. The zero-order chi connectivity index (χ0) is 9.14. The SMILES string of the molecule is N#Cc1cc(C(F)F)ccc1O. The van der Waals surface area contributed by atoms with Gasteiger partial charge in [-0.05, 0) is 18.2 Å². The molecule has 12 heavy (non-hydrogen) atoms. The quantitative estimate of drug-likeness (QED) is 0.700. The second kappa shape index (κ2) is 3.18. The number of hydrogen-bond acceptors (Lipinski definition) is 2. The van der Waals surface area contributed by atoms with Gasteiger partial charge in [0.05, 0.1) is 5.56 Å². The summed E-state index contributed by atoms with van der Waals surface area (Å²) in [6.45, 7) is 0. The van der Waals surface area contributed by atoms with Crippen molar-refractivity contribution in [3.63, 3.8) is 0 Å². The van der Waals surface area contributed by atoms with Gasteiger partial charge < -0.3 is 5.11 Å². The van der Waals surface area contributed by atoms with Crippen LogP contribution in [-0.2, 0) is 0 Å². The summed E-state index contributed by atoms with van der Waals surface area (Å²) >= 11 is 0. The predicted octanol–water partition coefficient (Wildman–Crippen LogP) is 2.20. The fourth-order valence-corrected chi connectivity index (χ4v) is 0.779. The van der Waals surface area contributed by atoms with Gasteiger partial charge in [0.15, 0.2) is 0 Å². The van der Waals surface area contributed by atoms with Crippen LogP contribution in [0.3, 0.4) is 0 Å². The Hall–Kier alpha value is -1.63. The summed E-state index contributed by atoms with van der Waals surface area (Å²) in [5.41, 5.74) is -0.392. The van der Waals surface area contributed by atoms with Crippen LogP contribution in [0, 0.1) is 11.3 Å². The van der Waals surface area contributed by atoms with Gasteiger partial charge in [-0.1, -0.05) is 0 Å². The molecule has 2 nitrogen and oxygen atoms in total. The van der Waals surface area contributed by atoms with E-state index in [1.165, 1.54) is 0 Å². The van der Waals surface area contributed by atoms with E-state index in [0.717, 1.165) is 18.2 Å². The summed E-state index contributed by atoms with van der Waals surface area (Å²) in [4.78, 5) is 0. The largest absolute Gasteiger partial charge is 0.507 e. The Bertz CT molecular complexity index is 330. The highest BCUT2D eigenvalue weighted by Gasteiger charge is 2.09. The molecule has 0 aromatic heterocycles. The van der Waals surface area contributed by atoms with Crippen molar-refractivity contribution in [1.82, 2.24) is 0 Å². The Balaban J connectivity index is 3.16. The smallest absolute Gasteiger partial charge is 0.263 e. The molecule has 1 aromatic carbocycles. The molecule has 1 aromatic rings. The Morgan fingerprint density at radius 2 is 2.08 bits per heavy atom. The van der Waals surface area contributed by atoms with Crippen molar-refractivity contribution < 1.29 is 13.9 Å². The first-order chi connectivity index (χ1) is 5.65. The molecule has 0 aliphatic heterocycles. The molecule has 0 heterocycles. The minimum absolute atomic E-state index is 0.132. The lowest BCUT2D eigenvalue weighted by molar-refractivity contribution is 0.151. The van der Waals surface area contributed by atoms with Crippen molar-refractivity contribution in [2.45, 2.75) is 6.43 Å². The van der Waals surface area contributed by atoms with Crippen LogP contribution in [0.4, 0.5) is 8.78 Å². The number of rotatable bonds is 1. The van der Waals surface area contributed by atoms with Crippen LogP contribution in [0.1, 0.15) is 17.6 Å². The van der Waals surface area contributed by atoms with E-state index < -0.39 is 6.43 Å². The molecule has 0 fully saturated rings. The van der Waals surface area contributed by atoms with Gasteiger partial charge in [0.2, 0.25) is 0 Å². The van der Waals surface area contributed by atoms with E-state index in [4.69, 9.17) is 10.4 Å². The van der Waals surface area contributed by atoms with Crippen molar-refractivity contribution in [3.8, 4) is 11.8 Å². The molecule has 62 valence electrons. The number of phenolic OH excluding ortho intramolecular Hbond substituents is 1. The average molecular weight is 169 g/mol. The van der Waals surface area contributed by atoms with Crippen LogP contribution >= 0.6 is 0 Å². The van der Waals surface area contributed by atoms with Gasteiger partial charge in [-0.15, -0.1) is 0 Å². The molecule has 0 aliphatic carbocycles. The highest BCUT2D eigenvalue weighted by Crippen LogP contribution is 2.24. The van der Waals surface area contributed by atoms with Crippen LogP contribution < -0.4 is 0 Å². The molecule has 0 radical (unpaired) electrons. The van der Waals surface area contributed by atoms with Crippen molar-refractivity contribution >= 4 is 0 Å². The molecule has 0 bridgehead atoms. The highest BCUT2D eigenvalue weighted by atomic mass is 19.3. The number of phenols is 1. The van der Waals surface area contributed by atoms with Crippen LogP contribution in [0.2, 0.25) is 0 Å². The third-order valence-corrected chi connectivity index (χ3v) is 1.39. The Morgan fingerprint density at radius 1 is 1.42 bits per heavy atom. The topological polar surface area (TPSA) is 44.0 Å². The Morgan fingerprint density at radius 3 is 2.58 bits per heavy atom. The molecule has 1 rings (SSSR count). The molecule has 0 unspecified atom stereocenters. The van der Waals surface area contributed by atoms with Gasteiger partial charge in [-0.3, -0.25) is 0 Å². The summed E-state index contributed by atoms with van der Waals surface area (Å²) in [6.07, 6.45) is -2.61. The summed E-state index contributed by atoms with van der Waals surface area (Å²) in [5.74, 6) is -0.276. The van der Waals surface area contributed by atoms with Crippen LogP contribution in [-0.4, -0.2) is 5.11 Å². The Labute approximate surface area is 67.7 Å². The first-order valence-electron chi connectivity index (χ1n) is 3.16. The normalized spacial score (nSPS) is 9.83. The fourth-order valence-electron chi connectivity index (χ4n) is 0.779. The van der Waals surface area contributed by atoms with E-state index in [-0.39, 0.29) is 16.9 Å². The molecular weight excluding hydrogens is 164 g/mol. The zero-order valence-corrected chi connectivity index (χ0v) is 5.96. The van der Waals surface area contributed by atoms with E-state index in [2.05, 4.69) is 0 Å². The summed E-state index contributed by atoms with van der Waals surface area (Å²) in [6, 6.07) is 4.75. The molecule has 0 saturated carbocycles. The molecule has 0 amide bonds. The van der Waals surface area contributed by atoms with Crippen LogP contribution in [0.25, 0.3) is 0 Å². The number of nitriles is 1. The van der Waals surface area contributed by atoms with E-state index in [0.29, 0.717) is 0 Å². The summed E-state index contributed by atoms with van der Waals surface area (Å²) < 4.78 is 24.0. The molecule has 4 heteroatoms. The lowest BCUT2D eigenvalue weighted by Crippen LogP contribution is -1.85. The second-order valence-electron chi connectivity index (χ2n) is 2.19. The Kier molecular flexibility index (Phi) is 2.24. The molecule has 1 N–H and O–H groups in total. The average Bonchev–Trinajstić information content (AvgIpc) is 2.05. The molecule has 0 aliphatic rings. The van der Waals surface area contributed by atoms with E-state index >= 15 is 0 Å². The minimum atomic E-state index is -2.61. The summed E-state index contributed by atoms with van der Waals surface area (Å²) in [7, 11) is 0. The van der Waals surface area contributed by atoms with Crippen molar-refractivity contribution in [1.29, 1.82) is 5.26 Å². The van der Waals surface area contributed by atoms with E-state index in [1.807, 2.05) is 0 Å². The molecular formula is C8H5F2NO. The number of hydrogen-bond donors (Lipinski definition) is 1. The number of nitrogens with zero attached hydrogens (tertiary/aromatic N) is 1. The van der Waals surface area contributed by atoms with Gasteiger partial charge in [0.1, 0.15) is 11.8 Å². The number of aromatic hydroxyl groups is 1. The maximum atomic E-state index is 12.0. The fraction of sp³-hybridized carbons (Fsp3) is 0.125. The minimum Gasteiger partial charge on any atom is -0.507 e. The zero-order valence-electron chi connectivity index (χ0n) is 5.96. The summed E-state index contributed by atoms with van der Waals surface area (Å²) in [5, 5.41) is 17.3. The molecule has 0 atom stereocenters. The third-order valence-electron chi connectivity index (χ3n) is 1.39. The first kappa shape index (κ1) is 8.47. The van der Waals surface area contributed by atoms with Crippen molar-refractivity contribution in [3.05, 3.63) is 29.3 Å². The third kappa shape index (κ3) is 1.51. The lowest BCUT2D eigenvalue weighted by Gasteiger charge is -2.00. The molecule has 0 spiro atoms. The van der Waals surface area contributed by atoms with Gasteiger partial charge in [-0.2, -0.15) is 5.26 Å². The predicted molar refractivity (Wildman–Crippen MR) is 37.8 cm³/mol.